The summed E-state index contributed by atoms with van der Waals surface area (Å²) in [5, 5.41) is 0. The van der Waals surface area contributed by atoms with Crippen LogP contribution in [0.25, 0.3) is 0 Å². The Hall–Kier alpha value is -1.32. The predicted octanol–water partition coefficient (Wildman–Crippen LogP) is 2.92. The van der Waals surface area contributed by atoms with Gasteiger partial charge in [-0.3, -0.25) is 4.79 Å². The van der Waals surface area contributed by atoms with Crippen molar-refractivity contribution >= 4 is 12.4 Å². The average molecular weight is 253 g/mol. The molecule has 0 spiro atoms. The Labute approximate surface area is 109 Å². The molecule has 1 aliphatic rings. The highest BCUT2D eigenvalue weighted by molar-refractivity contribution is 5.73. The fourth-order valence-electron chi connectivity index (χ4n) is 2.12. The normalized spacial score (nSPS) is 20.4. The second-order valence-electron chi connectivity index (χ2n) is 5.80. The lowest BCUT2D eigenvalue weighted by atomic mass is 9.97. The summed E-state index contributed by atoms with van der Waals surface area (Å²) in [5.41, 5.74) is 0.0521. The quantitative estimate of drug-likeness (QED) is 0.574. The van der Waals surface area contributed by atoms with Crippen molar-refractivity contribution < 1.29 is 14.3 Å². The Kier molecular flexibility index (Phi) is 4.93. The van der Waals surface area contributed by atoms with E-state index in [1.807, 2.05) is 20.8 Å². The van der Waals surface area contributed by atoms with Crippen LogP contribution in [0.15, 0.2) is 12.2 Å². The number of amides is 1. The third-order valence-corrected chi connectivity index (χ3v) is 2.92. The summed E-state index contributed by atoms with van der Waals surface area (Å²) >= 11 is 0. The third-order valence-electron chi connectivity index (χ3n) is 2.92. The number of piperidine rings is 1. The van der Waals surface area contributed by atoms with Gasteiger partial charge in [-0.2, -0.15) is 0 Å². The topological polar surface area (TPSA) is 46.6 Å². The monoisotopic (exact) mass is 253 g/mol. The third kappa shape index (κ3) is 4.51. The molecule has 1 heterocycles. The summed E-state index contributed by atoms with van der Waals surface area (Å²) < 4.78 is 5.39. The van der Waals surface area contributed by atoms with Gasteiger partial charge in [0.2, 0.25) is 0 Å². The standard InChI is InChI=1S/C14H23NO3/c1-11(10-16)9-12-7-5-6-8-15(12)13(17)18-14(2,3)4/h10,12H,1,5-9H2,2-4H3/t12-/m0/s1. The zero-order valence-electron chi connectivity index (χ0n) is 11.6. The molecule has 1 fully saturated rings. The van der Waals surface area contributed by atoms with Crippen molar-refractivity contribution in [2.75, 3.05) is 6.54 Å². The van der Waals surface area contributed by atoms with E-state index >= 15 is 0 Å². The molecule has 0 saturated carbocycles. The van der Waals surface area contributed by atoms with Crippen molar-refractivity contribution in [3.8, 4) is 0 Å². The van der Waals surface area contributed by atoms with Crippen LogP contribution >= 0.6 is 0 Å². The summed E-state index contributed by atoms with van der Waals surface area (Å²) in [6, 6.07) is 0.0475. The van der Waals surface area contributed by atoms with Crippen LogP contribution in [0.2, 0.25) is 0 Å². The molecule has 0 bridgehead atoms. The molecule has 1 atom stereocenters. The van der Waals surface area contributed by atoms with Gasteiger partial charge in [0.25, 0.3) is 0 Å². The minimum absolute atomic E-state index is 0.0475. The van der Waals surface area contributed by atoms with E-state index in [4.69, 9.17) is 4.74 Å². The van der Waals surface area contributed by atoms with E-state index in [0.717, 1.165) is 25.5 Å². The molecule has 0 aromatic carbocycles. The molecule has 1 aliphatic heterocycles. The van der Waals surface area contributed by atoms with Crippen molar-refractivity contribution in [3.05, 3.63) is 12.2 Å². The van der Waals surface area contributed by atoms with E-state index in [1.165, 1.54) is 0 Å². The number of carbonyl (C=O) groups is 2. The van der Waals surface area contributed by atoms with E-state index < -0.39 is 5.60 Å². The van der Waals surface area contributed by atoms with Crippen LogP contribution in [-0.2, 0) is 9.53 Å². The van der Waals surface area contributed by atoms with Gasteiger partial charge >= 0.3 is 6.09 Å². The Morgan fingerprint density at radius 1 is 1.44 bits per heavy atom. The maximum Gasteiger partial charge on any atom is 0.410 e. The molecule has 102 valence electrons. The second kappa shape index (κ2) is 6.03. The lowest BCUT2D eigenvalue weighted by Gasteiger charge is -2.36. The largest absolute Gasteiger partial charge is 0.444 e. The number of hydrogen-bond donors (Lipinski definition) is 0. The first kappa shape index (κ1) is 14.7. The maximum atomic E-state index is 12.1. The van der Waals surface area contributed by atoms with Gasteiger partial charge < -0.3 is 9.64 Å². The predicted molar refractivity (Wildman–Crippen MR) is 70.4 cm³/mol. The highest BCUT2D eigenvalue weighted by Crippen LogP contribution is 2.24. The lowest BCUT2D eigenvalue weighted by molar-refractivity contribution is -0.105. The average Bonchev–Trinajstić information content (AvgIpc) is 2.27. The molecule has 18 heavy (non-hydrogen) atoms. The molecule has 4 nitrogen and oxygen atoms in total. The van der Waals surface area contributed by atoms with Gasteiger partial charge in [0, 0.05) is 12.6 Å². The summed E-state index contributed by atoms with van der Waals surface area (Å²) in [6.07, 6.45) is 4.00. The number of ether oxygens (including phenoxy) is 1. The molecule has 0 radical (unpaired) electrons. The summed E-state index contributed by atoms with van der Waals surface area (Å²) in [6.45, 7) is 9.96. The van der Waals surface area contributed by atoms with Crippen LogP contribution in [0.3, 0.4) is 0 Å². The molecule has 1 saturated heterocycles. The van der Waals surface area contributed by atoms with Gasteiger partial charge in [0.05, 0.1) is 0 Å². The van der Waals surface area contributed by atoms with Crippen molar-refractivity contribution in [1.29, 1.82) is 0 Å². The Morgan fingerprint density at radius 2 is 2.11 bits per heavy atom. The molecule has 4 heteroatoms. The maximum absolute atomic E-state index is 12.1. The Bertz CT molecular complexity index is 330. The van der Waals surface area contributed by atoms with Gasteiger partial charge in [-0.15, -0.1) is 0 Å². The Morgan fingerprint density at radius 3 is 2.67 bits per heavy atom. The zero-order valence-corrected chi connectivity index (χ0v) is 11.6. The molecule has 1 rings (SSSR count). The van der Waals surface area contributed by atoms with Gasteiger partial charge in [-0.25, -0.2) is 4.79 Å². The van der Waals surface area contributed by atoms with Crippen molar-refractivity contribution in [3.63, 3.8) is 0 Å². The number of aldehydes is 1. The molecule has 0 N–H and O–H groups in total. The molecular formula is C14H23NO3. The van der Waals surface area contributed by atoms with Crippen molar-refractivity contribution in [2.24, 2.45) is 0 Å². The van der Waals surface area contributed by atoms with E-state index in [1.54, 1.807) is 4.90 Å². The first-order chi connectivity index (χ1) is 8.33. The molecule has 0 aromatic heterocycles. The summed E-state index contributed by atoms with van der Waals surface area (Å²) in [5.74, 6) is 0. The van der Waals surface area contributed by atoms with Crippen LogP contribution in [-0.4, -0.2) is 35.5 Å². The SMILES string of the molecule is C=C(C=O)C[C@@H]1CCCCN1C(=O)OC(C)(C)C. The van der Waals surface area contributed by atoms with Gasteiger partial charge in [-0.1, -0.05) is 6.58 Å². The Balaban J connectivity index is 2.66. The minimum atomic E-state index is -0.485. The van der Waals surface area contributed by atoms with Crippen molar-refractivity contribution in [1.82, 2.24) is 4.90 Å². The lowest BCUT2D eigenvalue weighted by Crippen LogP contribution is -2.46. The van der Waals surface area contributed by atoms with Crippen LogP contribution in [0.4, 0.5) is 4.79 Å². The van der Waals surface area contributed by atoms with E-state index in [0.29, 0.717) is 18.5 Å². The van der Waals surface area contributed by atoms with Crippen LogP contribution in [0.5, 0.6) is 0 Å². The van der Waals surface area contributed by atoms with E-state index in [-0.39, 0.29) is 12.1 Å². The number of hydrogen-bond acceptors (Lipinski definition) is 3. The molecule has 0 aliphatic carbocycles. The smallest absolute Gasteiger partial charge is 0.410 e. The molecule has 0 unspecified atom stereocenters. The highest BCUT2D eigenvalue weighted by atomic mass is 16.6. The number of carbonyl (C=O) groups excluding carboxylic acids is 2. The molecule has 1 amide bonds. The highest BCUT2D eigenvalue weighted by Gasteiger charge is 2.30. The summed E-state index contributed by atoms with van der Waals surface area (Å²) in [7, 11) is 0. The second-order valence-corrected chi connectivity index (χ2v) is 5.80. The van der Waals surface area contributed by atoms with Gasteiger partial charge in [0.1, 0.15) is 11.9 Å². The van der Waals surface area contributed by atoms with Crippen molar-refractivity contribution in [2.45, 2.75) is 58.1 Å². The zero-order chi connectivity index (χ0) is 13.8. The fraction of sp³-hybridized carbons (Fsp3) is 0.714. The van der Waals surface area contributed by atoms with Crippen LogP contribution in [0, 0.1) is 0 Å². The minimum Gasteiger partial charge on any atom is -0.444 e. The van der Waals surface area contributed by atoms with E-state index in [9.17, 15) is 9.59 Å². The number of rotatable bonds is 3. The first-order valence-corrected chi connectivity index (χ1v) is 6.46. The molecular weight excluding hydrogens is 230 g/mol. The number of nitrogens with zero attached hydrogens (tertiary/aromatic N) is 1. The van der Waals surface area contributed by atoms with Gasteiger partial charge in [0.15, 0.2) is 0 Å². The van der Waals surface area contributed by atoms with Gasteiger partial charge in [-0.05, 0) is 52.0 Å². The van der Waals surface area contributed by atoms with Crippen LogP contribution < -0.4 is 0 Å². The summed E-state index contributed by atoms with van der Waals surface area (Å²) in [4.78, 5) is 24.5. The van der Waals surface area contributed by atoms with Crippen LogP contribution in [0.1, 0.15) is 46.5 Å². The first-order valence-electron chi connectivity index (χ1n) is 6.46. The number of likely N-dealkylation sites (tertiary alicyclic amines) is 1. The fourth-order valence-corrected chi connectivity index (χ4v) is 2.12. The molecule has 0 aromatic rings. The van der Waals surface area contributed by atoms with E-state index in [2.05, 4.69) is 6.58 Å².